The van der Waals surface area contributed by atoms with Crippen molar-refractivity contribution in [3.8, 4) is 0 Å². The fourth-order valence-electron chi connectivity index (χ4n) is 3.40. The van der Waals surface area contributed by atoms with Crippen LogP contribution in [-0.4, -0.2) is 61.0 Å². The third kappa shape index (κ3) is 5.69. The number of ether oxygens (including phenoxy) is 2. The van der Waals surface area contributed by atoms with E-state index >= 15 is 0 Å². The molecule has 0 amide bonds. The molecule has 2 aliphatic rings. The second kappa shape index (κ2) is 9.90. The number of aliphatic imine (C=N–C) groups is 1. The number of hydrogen-bond donors (Lipinski definition) is 2. The molecule has 6 heteroatoms. The molecule has 0 unspecified atom stereocenters. The lowest BCUT2D eigenvalue weighted by molar-refractivity contribution is -0.0390. The molecule has 2 fully saturated rings. The monoisotopic (exact) mass is 361 g/mol. The van der Waals surface area contributed by atoms with Gasteiger partial charge in [-0.05, 0) is 37.3 Å². The molecule has 2 saturated heterocycles. The van der Waals surface area contributed by atoms with Gasteiger partial charge >= 0.3 is 0 Å². The average Bonchev–Trinajstić information content (AvgIpc) is 3.11. The highest BCUT2D eigenvalue weighted by molar-refractivity contribution is 5.80. The van der Waals surface area contributed by atoms with Crippen molar-refractivity contribution in [2.45, 2.75) is 51.5 Å². The molecule has 0 bridgehead atoms. The molecule has 26 heavy (non-hydrogen) atoms. The number of benzene rings is 1. The molecule has 0 aromatic heterocycles. The highest BCUT2D eigenvalue weighted by Crippen LogP contribution is 2.15. The first kappa shape index (κ1) is 19.1. The topological polar surface area (TPSA) is 66.3 Å². The van der Waals surface area contributed by atoms with E-state index in [2.05, 4.69) is 41.4 Å². The van der Waals surface area contributed by atoms with E-state index in [1.807, 2.05) is 0 Å². The van der Waals surface area contributed by atoms with Crippen molar-refractivity contribution in [3.63, 3.8) is 0 Å². The first-order valence-corrected chi connectivity index (χ1v) is 9.73. The highest BCUT2D eigenvalue weighted by atomic mass is 16.5. The Labute approximate surface area is 156 Å². The smallest absolute Gasteiger partial charge is 0.194 e. The van der Waals surface area contributed by atoms with Gasteiger partial charge in [0.15, 0.2) is 5.96 Å². The number of aliphatic hydroxyl groups excluding tert-OH is 1. The van der Waals surface area contributed by atoms with Gasteiger partial charge in [-0.1, -0.05) is 24.3 Å². The van der Waals surface area contributed by atoms with Crippen molar-refractivity contribution in [2.24, 2.45) is 4.99 Å². The Hall–Kier alpha value is -1.63. The fraction of sp³-hybridized carbons (Fsp3) is 0.650. The van der Waals surface area contributed by atoms with E-state index in [0.717, 1.165) is 51.5 Å². The van der Waals surface area contributed by atoms with Crippen LogP contribution in [0.15, 0.2) is 29.3 Å². The van der Waals surface area contributed by atoms with Gasteiger partial charge in [0.2, 0.25) is 0 Å². The number of β-amino-alcohol motifs (C(OH)–C–C–N with tert-alkyl or cyclic N) is 1. The van der Waals surface area contributed by atoms with Gasteiger partial charge in [0.25, 0.3) is 0 Å². The largest absolute Gasteiger partial charge is 0.391 e. The Morgan fingerprint density at radius 3 is 2.85 bits per heavy atom. The summed E-state index contributed by atoms with van der Waals surface area (Å²) in [4.78, 5) is 6.89. The molecule has 1 aromatic carbocycles. The van der Waals surface area contributed by atoms with E-state index in [1.54, 1.807) is 0 Å². The van der Waals surface area contributed by atoms with Crippen LogP contribution < -0.4 is 5.32 Å². The van der Waals surface area contributed by atoms with Gasteiger partial charge < -0.3 is 24.8 Å². The number of nitrogens with one attached hydrogen (secondary N) is 1. The molecule has 1 atom stereocenters. The number of aliphatic hydroxyl groups is 1. The van der Waals surface area contributed by atoms with Crippen LogP contribution in [0.5, 0.6) is 0 Å². The van der Waals surface area contributed by atoms with Crippen LogP contribution >= 0.6 is 0 Å². The lowest BCUT2D eigenvalue weighted by Crippen LogP contribution is -2.40. The number of nitrogens with zero attached hydrogens (tertiary/aromatic N) is 2. The molecule has 6 nitrogen and oxygen atoms in total. The lowest BCUT2D eigenvalue weighted by atomic mass is 10.1. The molecular weight excluding hydrogens is 330 g/mol. The van der Waals surface area contributed by atoms with Crippen LogP contribution in [-0.2, 0) is 22.6 Å². The van der Waals surface area contributed by atoms with Crippen LogP contribution in [0.1, 0.15) is 37.3 Å². The number of rotatable bonds is 6. The minimum absolute atomic E-state index is 0.246. The summed E-state index contributed by atoms with van der Waals surface area (Å²) in [5, 5.41) is 13.1. The summed E-state index contributed by atoms with van der Waals surface area (Å²) in [6, 6.07) is 8.45. The maximum Gasteiger partial charge on any atom is 0.194 e. The maximum absolute atomic E-state index is 9.76. The molecule has 0 radical (unpaired) electrons. The number of guanidine groups is 1. The zero-order valence-corrected chi connectivity index (χ0v) is 15.7. The Morgan fingerprint density at radius 2 is 2.12 bits per heavy atom. The first-order valence-electron chi connectivity index (χ1n) is 9.73. The van der Waals surface area contributed by atoms with E-state index in [9.17, 15) is 5.11 Å². The van der Waals surface area contributed by atoms with Crippen LogP contribution in [0.2, 0.25) is 0 Å². The Kier molecular flexibility index (Phi) is 7.29. The first-order chi connectivity index (χ1) is 12.7. The second-order valence-electron chi connectivity index (χ2n) is 7.00. The van der Waals surface area contributed by atoms with E-state index in [-0.39, 0.29) is 6.10 Å². The van der Waals surface area contributed by atoms with Gasteiger partial charge in [-0.2, -0.15) is 0 Å². The third-order valence-corrected chi connectivity index (χ3v) is 4.85. The minimum atomic E-state index is -0.246. The average molecular weight is 361 g/mol. The van der Waals surface area contributed by atoms with Crippen molar-refractivity contribution in [1.29, 1.82) is 0 Å². The predicted molar refractivity (Wildman–Crippen MR) is 102 cm³/mol. The van der Waals surface area contributed by atoms with Gasteiger partial charge in [0.05, 0.1) is 25.4 Å². The van der Waals surface area contributed by atoms with Crippen LogP contribution in [0.25, 0.3) is 0 Å². The predicted octanol–water partition coefficient (Wildman–Crippen LogP) is 1.91. The zero-order valence-electron chi connectivity index (χ0n) is 15.7. The van der Waals surface area contributed by atoms with Crippen LogP contribution in [0.3, 0.4) is 0 Å². The fourth-order valence-corrected chi connectivity index (χ4v) is 3.40. The summed E-state index contributed by atoms with van der Waals surface area (Å²) in [7, 11) is 0. The summed E-state index contributed by atoms with van der Waals surface area (Å²) < 4.78 is 11.4. The molecule has 2 heterocycles. The van der Waals surface area contributed by atoms with E-state index in [1.165, 1.54) is 11.1 Å². The van der Waals surface area contributed by atoms with Gasteiger partial charge in [-0.3, -0.25) is 0 Å². The minimum Gasteiger partial charge on any atom is -0.391 e. The molecule has 1 aromatic rings. The Morgan fingerprint density at radius 1 is 1.31 bits per heavy atom. The van der Waals surface area contributed by atoms with E-state index in [0.29, 0.717) is 25.8 Å². The second-order valence-corrected chi connectivity index (χ2v) is 7.00. The maximum atomic E-state index is 9.76. The molecule has 3 rings (SSSR count). The van der Waals surface area contributed by atoms with Crippen LogP contribution in [0, 0.1) is 0 Å². The molecule has 2 N–H and O–H groups in total. The van der Waals surface area contributed by atoms with Gasteiger partial charge in [0.1, 0.15) is 0 Å². The third-order valence-electron chi connectivity index (χ3n) is 4.85. The highest BCUT2D eigenvalue weighted by Gasteiger charge is 2.22. The van der Waals surface area contributed by atoms with Gasteiger partial charge in [-0.25, -0.2) is 4.99 Å². The molecular formula is C20H31N3O3. The van der Waals surface area contributed by atoms with Gasteiger partial charge in [-0.15, -0.1) is 0 Å². The summed E-state index contributed by atoms with van der Waals surface area (Å²) in [6.45, 7) is 7.27. The Balaban J connectivity index is 1.56. The summed E-state index contributed by atoms with van der Waals surface area (Å²) >= 11 is 0. The standard InChI is InChI=1S/C20H31N3O3/c1-2-21-20(23-9-6-18(24)14-23)22-13-16-4-3-5-17(12-16)15-26-19-7-10-25-11-8-19/h3-5,12,18-19,24H,2,6-11,13-15H2,1H3,(H,21,22)/t18-/m1/s1. The zero-order chi connectivity index (χ0) is 18.2. The number of likely N-dealkylation sites (tertiary alicyclic amines) is 1. The summed E-state index contributed by atoms with van der Waals surface area (Å²) in [5.74, 6) is 0.882. The quantitative estimate of drug-likeness (QED) is 0.599. The van der Waals surface area contributed by atoms with Crippen molar-refractivity contribution in [2.75, 3.05) is 32.8 Å². The van der Waals surface area contributed by atoms with Crippen molar-refractivity contribution in [3.05, 3.63) is 35.4 Å². The Bertz CT molecular complexity index is 587. The molecule has 144 valence electrons. The lowest BCUT2D eigenvalue weighted by Gasteiger charge is -2.22. The van der Waals surface area contributed by atoms with Crippen molar-refractivity contribution in [1.82, 2.24) is 10.2 Å². The van der Waals surface area contributed by atoms with E-state index < -0.39 is 0 Å². The molecule has 0 spiro atoms. The van der Waals surface area contributed by atoms with Crippen LogP contribution in [0.4, 0.5) is 0 Å². The van der Waals surface area contributed by atoms with Gasteiger partial charge in [0, 0.05) is 32.8 Å². The molecule has 2 aliphatic heterocycles. The normalized spacial score (nSPS) is 22.0. The summed E-state index contributed by atoms with van der Waals surface area (Å²) in [6.07, 6.45) is 2.84. The number of hydrogen-bond acceptors (Lipinski definition) is 4. The molecule has 0 aliphatic carbocycles. The SMILES string of the molecule is CCNC(=NCc1cccc(COC2CCOCC2)c1)N1CC[C@@H](O)C1. The van der Waals surface area contributed by atoms with Crippen molar-refractivity contribution < 1.29 is 14.6 Å². The summed E-state index contributed by atoms with van der Waals surface area (Å²) in [5.41, 5.74) is 2.36. The van der Waals surface area contributed by atoms with Crippen molar-refractivity contribution >= 4 is 5.96 Å². The molecule has 0 saturated carbocycles. The van der Waals surface area contributed by atoms with E-state index in [4.69, 9.17) is 14.5 Å².